The number of nitro benzene ring substituents is 1. The van der Waals surface area contributed by atoms with E-state index in [9.17, 15) is 20.0 Å². The molecule has 2 aliphatic heterocycles. The number of hydrogen-bond donors (Lipinski definition) is 1. The van der Waals surface area contributed by atoms with Gasteiger partial charge in [-0.15, -0.1) is 0 Å². The molecule has 0 spiro atoms. The Kier molecular flexibility index (Phi) is 2.66. The van der Waals surface area contributed by atoms with E-state index in [1.807, 2.05) is 6.07 Å². The summed E-state index contributed by atoms with van der Waals surface area (Å²) in [5.74, 6) is -1.11. The molecule has 1 aromatic rings. The molecule has 3 unspecified atom stereocenters. The summed E-state index contributed by atoms with van der Waals surface area (Å²) in [5.41, 5.74) is 0.820. The van der Waals surface area contributed by atoms with Gasteiger partial charge in [-0.2, -0.15) is 0 Å². The van der Waals surface area contributed by atoms with Crippen molar-refractivity contribution in [3.05, 3.63) is 34.4 Å². The van der Waals surface area contributed by atoms with Crippen LogP contribution in [0.25, 0.3) is 0 Å². The Bertz CT molecular complexity index is 545. The molecule has 100 valence electrons. The Morgan fingerprint density at radius 3 is 2.84 bits per heavy atom. The molecule has 1 aromatic carbocycles. The lowest BCUT2D eigenvalue weighted by molar-refractivity contribution is -0.384. The van der Waals surface area contributed by atoms with Crippen molar-refractivity contribution < 1.29 is 14.8 Å². The van der Waals surface area contributed by atoms with Crippen LogP contribution in [-0.2, 0) is 4.79 Å². The number of carbonyl (C=O) groups is 1. The average molecular weight is 262 g/mol. The third-order valence-electron chi connectivity index (χ3n) is 4.19. The molecule has 0 aliphatic carbocycles. The molecule has 2 aliphatic rings. The highest BCUT2D eigenvalue weighted by atomic mass is 16.6. The molecule has 19 heavy (non-hydrogen) atoms. The maximum atomic E-state index is 11.2. The Hall–Kier alpha value is -2.11. The van der Waals surface area contributed by atoms with E-state index in [4.69, 9.17) is 0 Å². The Labute approximate surface area is 109 Å². The van der Waals surface area contributed by atoms with Crippen LogP contribution in [0.4, 0.5) is 11.4 Å². The van der Waals surface area contributed by atoms with Crippen molar-refractivity contribution in [1.29, 1.82) is 0 Å². The lowest BCUT2D eigenvalue weighted by Crippen LogP contribution is -2.32. The summed E-state index contributed by atoms with van der Waals surface area (Å²) in [7, 11) is 0. The van der Waals surface area contributed by atoms with Gasteiger partial charge in [0.1, 0.15) is 0 Å². The first-order valence-corrected chi connectivity index (χ1v) is 6.33. The minimum Gasteiger partial charge on any atom is -0.481 e. The van der Waals surface area contributed by atoms with Crippen molar-refractivity contribution in [3.63, 3.8) is 0 Å². The summed E-state index contributed by atoms with van der Waals surface area (Å²) < 4.78 is 0. The maximum absolute atomic E-state index is 11.2. The molecule has 0 radical (unpaired) electrons. The van der Waals surface area contributed by atoms with Crippen LogP contribution in [0.1, 0.15) is 19.3 Å². The van der Waals surface area contributed by atoms with Crippen molar-refractivity contribution in [2.24, 2.45) is 5.92 Å². The standard InChI is InChI=1S/C13H14N2O4/c16-13(17)11-7-9-4-5-12(11)14(9)8-2-1-3-10(6-8)15(18)19/h1-3,6,9,11-12H,4-5,7H2,(H,16,17). The average Bonchev–Trinajstić information content (AvgIpc) is 2.96. The molecule has 2 heterocycles. The highest BCUT2D eigenvalue weighted by Crippen LogP contribution is 2.45. The molecule has 0 saturated carbocycles. The van der Waals surface area contributed by atoms with Crippen molar-refractivity contribution in [2.75, 3.05) is 4.90 Å². The van der Waals surface area contributed by atoms with E-state index in [0.717, 1.165) is 18.5 Å². The number of hydrogen-bond acceptors (Lipinski definition) is 4. The number of fused-ring (bicyclic) bond motifs is 2. The molecule has 0 amide bonds. The molecule has 2 saturated heterocycles. The second-order valence-corrected chi connectivity index (χ2v) is 5.16. The number of anilines is 1. The van der Waals surface area contributed by atoms with Crippen LogP contribution < -0.4 is 4.90 Å². The van der Waals surface area contributed by atoms with Crippen LogP contribution in [-0.4, -0.2) is 28.1 Å². The van der Waals surface area contributed by atoms with Gasteiger partial charge in [-0.25, -0.2) is 0 Å². The van der Waals surface area contributed by atoms with E-state index < -0.39 is 10.9 Å². The lowest BCUT2D eigenvalue weighted by atomic mass is 9.89. The van der Waals surface area contributed by atoms with Gasteiger partial charge in [0.25, 0.3) is 5.69 Å². The molecule has 3 atom stereocenters. The smallest absolute Gasteiger partial charge is 0.308 e. The molecule has 2 bridgehead atoms. The minimum atomic E-state index is -0.761. The van der Waals surface area contributed by atoms with Crippen LogP contribution in [0.5, 0.6) is 0 Å². The molecule has 6 heteroatoms. The normalized spacial score (nSPS) is 28.6. The molecular weight excluding hydrogens is 248 g/mol. The molecule has 0 aromatic heterocycles. The second kappa shape index (κ2) is 4.22. The van der Waals surface area contributed by atoms with Crippen molar-refractivity contribution in [1.82, 2.24) is 0 Å². The van der Waals surface area contributed by atoms with Crippen LogP contribution in [0.2, 0.25) is 0 Å². The first-order valence-electron chi connectivity index (χ1n) is 6.33. The first kappa shape index (κ1) is 12.0. The second-order valence-electron chi connectivity index (χ2n) is 5.16. The number of nitrogens with zero attached hydrogens (tertiary/aromatic N) is 2. The van der Waals surface area contributed by atoms with Gasteiger partial charge < -0.3 is 10.0 Å². The van der Waals surface area contributed by atoms with Gasteiger partial charge in [-0.1, -0.05) is 6.07 Å². The summed E-state index contributed by atoms with van der Waals surface area (Å²) in [5, 5.41) is 20.0. The van der Waals surface area contributed by atoms with Gasteiger partial charge in [0.15, 0.2) is 0 Å². The SMILES string of the molecule is O=C(O)C1CC2CCC1N2c1cccc([N+](=O)[O-])c1. The summed E-state index contributed by atoms with van der Waals surface area (Å²) in [4.78, 5) is 23.7. The Balaban J connectivity index is 1.93. The van der Waals surface area contributed by atoms with Gasteiger partial charge in [0, 0.05) is 29.9 Å². The van der Waals surface area contributed by atoms with E-state index >= 15 is 0 Å². The van der Waals surface area contributed by atoms with Gasteiger partial charge in [-0.05, 0) is 25.3 Å². The maximum Gasteiger partial charge on any atom is 0.308 e. The van der Waals surface area contributed by atoms with Crippen LogP contribution in [0, 0.1) is 16.0 Å². The van der Waals surface area contributed by atoms with Crippen LogP contribution in [0.15, 0.2) is 24.3 Å². The molecule has 2 fully saturated rings. The molecule has 3 rings (SSSR count). The molecular formula is C13H14N2O4. The minimum absolute atomic E-state index is 0.0236. The Morgan fingerprint density at radius 2 is 2.21 bits per heavy atom. The number of nitro groups is 1. The Morgan fingerprint density at radius 1 is 1.42 bits per heavy atom. The first-order chi connectivity index (χ1) is 9.08. The highest BCUT2D eigenvalue weighted by molar-refractivity contribution is 5.74. The summed E-state index contributed by atoms with van der Waals surface area (Å²) in [6, 6.07) is 6.65. The zero-order valence-corrected chi connectivity index (χ0v) is 10.2. The van der Waals surface area contributed by atoms with E-state index in [1.54, 1.807) is 6.07 Å². The monoisotopic (exact) mass is 262 g/mol. The summed E-state index contributed by atoms with van der Waals surface area (Å²) in [6.07, 6.45) is 2.46. The topological polar surface area (TPSA) is 83.7 Å². The van der Waals surface area contributed by atoms with E-state index in [2.05, 4.69) is 4.90 Å². The third kappa shape index (κ3) is 1.83. The number of rotatable bonds is 3. The van der Waals surface area contributed by atoms with E-state index in [-0.39, 0.29) is 23.7 Å². The van der Waals surface area contributed by atoms with E-state index in [1.165, 1.54) is 12.1 Å². The van der Waals surface area contributed by atoms with Crippen molar-refractivity contribution in [3.8, 4) is 0 Å². The fraction of sp³-hybridized carbons (Fsp3) is 0.462. The van der Waals surface area contributed by atoms with Crippen LogP contribution in [0.3, 0.4) is 0 Å². The van der Waals surface area contributed by atoms with Gasteiger partial charge in [0.05, 0.1) is 10.8 Å². The zero-order chi connectivity index (χ0) is 13.6. The quantitative estimate of drug-likeness (QED) is 0.665. The van der Waals surface area contributed by atoms with Crippen molar-refractivity contribution in [2.45, 2.75) is 31.3 Å². The van der Waals surface area contributed by atoms with Gasteiger partial charge in [-0.3, -0.25) is 14.9 Å². The van der Waals surface area contributed by atoms with E-state index in [0.29, 0.717) is 6.42 Å². The number of carboxylic acid groups (broad SMARTS) is 1. The predicted molar refractivity (Wildman–Crippen MR) is 68.1 cm³/mol. The fourth-order valence-corrected chi connectivity index (χ4v) is 3.42. The summed E-state index contributed by atoms with van der Waals surface area (Å²) >= 11 is 0. The number of carboxylic acids is 1. The van der Waals surface area contributed by atoms with Crippen molar-refractivity contribution >= 4 is 17.3 Å². The third-order valence-corrected chi connectivity index (χ3v) is 4.19. The largest absolute Gasteiger partial charge is 0.481 e. The fourth-order valence-electron chi connectivity index (χ4n) is 3.42. The zero-order valence-electron chi connectivity index (χ0n) is 10.2. The molecule has 1 N–H and O–H groups in total. The number of non-ortho nitro benzene ring substituents is 1. The van der Waals surface area contributed by atoms with Gasteiger partial charge >= 0.3 is 5.97 Å². The lowest BCUT2D eigenvalue weighted by Gasteiger charge is -2.25. The summed E-state index contributed by atoms with van der Waals surface area (Å²) in [6.45, 7) is 0. The number of aliphatic carboxylic acids is 1. The highest BCUT2D eigenvalue weighted by Gasteiger charge is 2.49. The van der Waals surface area contributed by atoms with Gasteiger partial charge in [0.2, 0.25) is 0 Å². The molecule has 6 nitrogen and oxygen atoms in total. The number of benzene rings is 1. The predicted octanol–water partition coefficient (Wildman–Crippen LogP) is 2.04. The van der Waals surface area contributed by atoms with Crippen LogP contribution >= 0.6 is 0 Å².